The SMILES string of the molecule is CN=C(NCCN(C)CCCOC)NCC(C)CN1CCCC1. The van der Waals surface area contributed by atoms with E-state index in [1.165, 1.54) is 32.5 Å². The Labute approximate surface area is 142 Å². The normalized spacial score (nSPS) is 17.7. The van der Waals surface area contributed by atoms with E-state index in [1.807, 2.05) is 7.05 Å². The quantitative estimate of drug-likeness (QED) is 0.335. The molecule has 1 rings (SSSR count). The van der Waals surface area contributed by atoms with Gasteiger partial charge in [-0.3, -0.25) is 4.99 Å². The zero-order valence-corrected chi connectivity index (χ0v) is 15.6. The molecule has 1 fully saturated rings. The number of rotatable bonds is 11. The summed E-state index contributed by atoms with van der Waals surface area (Å²) in [5, 5.41) is 6.83. The number of hydrogen-bond acceptors (Lipinski definition) is 4. The van der Waals surface area contributed by atoms with Crippen molar-refractivity contribution in [1.29, 1.82) is 0 Å². The molecular formula is C17H37N5O. The van der Waals surface area contributed by atoms with Gasteiger partial charge in [-0.2, -0.15) is 0 Å². The minimum absolute atomic E-state index is 0.642. The molecular weight excluding hydrogens is 290 g/mol. The third kappa shape index (κ3) is 9.79. The molecule has 0 spiro atoms. The van der Waals surface area contributed by atoms with Gasteiger partial charge in [0, 0.05) is 53.5 Å². The molecule has 1 saturated heterocycles. The maximum absolute atomic E-state index is 5.08. The second kappa shape index (κ2) is 12.6. The summed E-state index contributed by atoms with van der Waals surface area (Å²) in [7, 11) is 5.73. The summed E-state index contributed by atoms with van der Waals surface area (Å²) in [6.07, 6.45) is 3.80. The van der Waals surface area contributed by atoms with E-state index in [0.29, 0.717) is 5.92 Å². The number of nitrogens with one attached hydrogen (secondary N) is 2. The molecule has 0 aromatic carbocycles. The molecule has 0 radical (unpaired) electrons. The van der Waals surface area contributed by atoms with Gasteiger partial charge in [-0.05, 0) is 45.3 Å². The van der Waals surface area contributed by atoms with E-state index in [4.69, 9.17) is 4.74 Å². The maximum Gasteiger partial charge on any atom is 0.191 e. The summed E-state index contributed by atoms with van der Waals surface area (Å²) in [5.41, 5.74) is 0. The van der Waals surface area contributed by atoms with Crippen LogP contribution < -0.4 is 10.6 Å². The van der Waals surface area contributed by atoms with Gasteiger partial charge >= 0.3 is 0 Å². The molecule has 6 heteroatoms. The topological polar surface area (TPSA) is 52.1 Å². The second-order valence-electron chi connectivity index (χ2n) is 6.64. The van der Waals surface area contributed by atoms with Gasteiger partial charge in [0.2, 0.25) is 0 Å². The number of guanidine groups is 1. The summed E-state index contributed by atoms with van der Waals surface area (Å²) >= 11 is 0. The van der Waals surface area contributed by atoms with Crippen LogP contribution in [0.5, 0.6) is 0 Å². The third-order valence-electron chi connectivity index (χ3n) is 4.28. The molecule has 1 aliphatic rings. The predicted octanol–water partition coefficient (Wildman–Crippen LogP) is 0.852. The highest BCUT2D eigenvalue weighted by Gasteiger charge is 2.14. The Morgan fingerprint density at radius 3 is 2.65 bits per heavy atom. The van der Waals surface area contributed by atoms with Gasteiger partial charge in [0.25, 0.3) is 0 Å². The van der Waals surface area contributed by atoms with Crippen LogP contribution in [0.3, 0.4) is 0 Å². The van der Waals surface area contributed by atoms with Crippen molar-refractivity contribution in [3.63, 3.8) is 0 Å². The van der Waals surface area contributed by atoms with Crippen molar-refractivity contribution < 1.29 is 4.74 Å². The van der Waals surface area contributed by atoms with E-state index in [2.05, 4.69) is 39.4 Å². The summed E-state index contributed by atoms with van der Waals surface area (Å²) < 4.78 is 5.08. The Bertz CT molecular complexity index is 318. The van der Waals surface area contributed by atoms with Crippen molar-refractivity contribution in [2.24, 2.45) is 10.9 Å². The maximum atomic E-state index is 5.08. The van der Waals surface area contributed by atoms with Crippen LogP contribution in [0.4, 0.5) is 0 Å². The minimum atomic E-state index is 0.642. The largest absolute Gasteiger partial charge is 0.385 e. The molecule has 0 aromatic heterocycles. The monoisotopic (exact) mass is 327 g/mol. The lowest BCUT2D eigenvalue weighted by atomic mass is 10.1. The molecule has 0 saturated carbocycles. The van der Waals surface area contributed by atoms with Crippen LogP contribution in [0.1, 0.15) is 26.2 Å². The van der Waals surface area contributed by atoms with Gasteiger partial charge in [-0.15, -0.1) is 0 Å². The summed E-state index contributed by atoms with van der Waals surface area (Å²) in [5.74, 6) is 1.55. The van der Waals surface area contributed by atoms with Crippen LogP contribution >= 0.6 is 0 Å². The van der Waals surface area contributed by atoms with Crippen molar-refractivity contribution in [2.75, 3.05) is 73.6 Å². The first-order valence-electron chi connectivity index (χ1n) is 9.00. The molecule has 0 amide bonds. The predicted molar refractivity (Wildman–Crippen MR) is 98.2 cm³/mol. The lowest BCUT2D eigenvalue weighted by Gasteiger charge is -2.22. The lowest BCUT2D eigenvalue weighted by Crippen LogP contribution is -2.43. The zero-order chi connectivity index (χ0) is 16.9. The van der Waals surface area contributed by atoms with E-state index in [9.17, 15) is 0 Å². The molecule has 1 aliphatic heterocycles. The van der Waals surface area contributed by atoms with Crippen LogP contribution in [0.2, 0.25) is 0 Å². The molecule has 1 atom stereocenters. The number of likely N-dealkylation sites (tertiary alicyclic amines) is 1. The van der Waals surface area contributed by atoms with E-state index >= 15 is 0 Å². The fraction of sp³-hybridized carbons (Fsp3) is 0.941. The van der Waals surface area contributed by atoms with Gasteiger partial charge in [-0.1, -0.05) is 6.92 Å². The summed E-state index contributed by atoms with van der Waals surface area (Å²) in [6.45, 7) is 10.8. The Balaban J connectivity index is 2.09. The minimum Gasteiger partial charge on any atom is -0.385 e. The first kappa shape index (κ1) is 20.2. The van der Waals surface area contributed by atoms with Crippen LogP contribution in [0, 0.1) is 5.92 Å². The Kier molecular flexibility index (Phi) is 11.0. The van der Waals surface area contributed by atoms with Crippen molar-refractivity contribution in [2.45, 2.75) is 26.2 Å². The lowest BCUT2D eigenvalue weighted by molar-refractivity contribution is 0.180. The highest BCUT2D eigenvalue weighted by molar-refractivity contribution is 5.79. The number of methoxy groups -OCH3 is 1. The highest BCUT2D eigenvalue weighted by atomic mass is 16.5. The van der Waals surface area contributed by atoms with Gasteiger partial charge in [-0.25, -0.2) is 0 Å². The Morgan fingerprint density at radius 1 is 1.26 bits per heavy atom. The molecule has 1 heterocycles. The first-order chi connectivity index (χ1) is 11.2. The van der Waals surface area contributed by atoms with E-state index in [1.54, 1.807) is 7.11 Å². The Morgan fingerprint density at radius 2 is 2.00 bits per heavy atom. The second-order valence-corrected chi connectivity index (χ2v) is 6.64. The van der Waals surface area contributed by atoms with Gasteiger partial charge in [0.15, 0.2) is 5.96 Å². The molecule has 0 aliphatic carbocycles. The molecule has 6 nitrogen and oxygen atoms in total. The standard InChI is InChI=1S/C17H37N5O/c1-16(15-22-10-5-6-11-22)14-20-17(18-2)19-8-12-21(3)9-7-13-23-4/h16H,5-15H2,1-4H3,(H2,18,19,20). The third-order valence-corrected chi connectivity index (χ3v) is 4.28. The van der Waals surface area contributed by atoms with Crippen LogP contribution in [0.25, 0.3) is 0 Å². The first-order valence-corrected chi connectivity index (χ1v) is 9.00. The molecule has 2 N–H and O–H groups in total. The van der Waals surface area contributed by atoms with Gasteiger partial charge < -0.3 is 25.2 Å². The highest BCUT2D eigenvalue weighted by Crippen LogP contribution is 2.09. The average Bonchev–Trinajstić information content (AvgIpc) is 3.03. The average molecular weight is 328 g/mol. The van der Waals surface area contributed by atoms with Crippen molar-refractivity contribution in [3.8, 4) is 0 Å². The van der Waals surface area contributed by atoms with Crippen molar-refractivity contribution in [3.05, 3.63) is 0 Å². The number of likely N-dealkylation sites (N-methyl/N-ethyl adjacent to an activating group) is 1. The fourth-order valence-electron chi connectivity index (χ4n) is 2.92. The van der Waals surface area contributed by atoms with E-state index in [0.717, 1.165) is 45.2 Å². The Hall–Kier alpha value is -0.850. The molecule has 0 aromatic rings. The number of ether oxygens (including phenoxy) is 1. The summed E-state index contributed by atoms with van der Waals surface area (Å²) in [4.78, 5) is 9.19. The number of nitrogens with zero attached hydrogens (tertiary/aromatic N) is 3. The molecule has 0 bridgehead atoms. The molecule has 1 unspecified atom stereocenters. The van der Waals surface area contributed by atoms with Crippen LogP contribution in [-0.4, -0.2) is 89.4 Å². The number of hydrogen-bond donors (Lipinski definition) is 2. The number of aliphatic imine (C=N–C) groups is 1. The zero-order valence-electron chi connectivity index (χ0n) is 15.6. The van der Waals surface area contributed by atoms with Gasteiger partial charge in [0.05, 0.1) is 0 Å². The van der Waals surface area contributed by atoms with Gasteiger partial charge in [0.1, 0.15) is 0 Å². The van der Waals surface area contributed by atoms with Crippen LogP contribution in [-0.2, 0) is 4.74 Å². The van der Waals surface area contributed by atoms with Crippen molar-refractivity contribution >= 4 is 5.96 Å². The van der Waals surface area contributed by atoms with E-state index in [-0.39, 0.29) is 0 Å². The smallest absolute Gasteiger partial charge is 0.191 e. The molecule has 23 heavy (non-hydrogen) atoms. The van der Waals surface area contributed by atoms with E-state index < -0.39 is 0 Å². The fourth-order valence-corrected chi connectivity index (χ4v) is 2.92. The van der Waals surface area contributed by atoms with Crippen LogP contribution in [0.15, 0.2) is 4.99 Å². The summed E-state index contributed by atoms with van der Waals surface area (Å²) in [6, 6.07) is 0. The molecule has 136 valence electrons. The van der Waals surface area contributed by atoms with Crippen molar-refractivity contribution in [1.82, 2.24) is 20.4 Å².